The van der Waals surface area contributed by atoms with E-state index in [0.29, 0.717) is 11.1 Å². The highest BCUT2D eigenvalue weighted by molar-refractivity contribution is 6.41. The van der Waals surface area contributed by atoms with Gasteiger partial charge in [-0.3, -0.25) is 9.59 Å². The number of rotatable bonds is 17. The maximum atomic E-state index is 11.9. The molecule has 0 radical (unpaired) electrons. The van der Waals surface area contributed by atoms with Gasteiger partial charge in [0.25, 0.3) is 11.6 Å². The fourth-order valence-corrected chi connectivity index (χ4v) is 3.49. The molecule has 2 aromatic carbocycles. The molecule has 182 valence electrons. The molecule has 2 aromatic rings. The minimum atomic E-state index is -0.788. The summed E-state index contributed by atoms with van der Waals surface area (Å²) in [6, 6.07) is 16.9. The van der Waals surface area contributed by atoms with Gasteiger partial charge in [0.2, 0.25) is 0 Å². The highest BCUT2D eigenvalue weighted by Gasteiger charge is 2.17. The van der Waals surface area contributed by atoms with Gasteiger partial charge in [0.15, 0.2) is 0 Å². The van der Waals surface area contributed by atoms with Crippen molar-refractivity contribution < 1.29 is 28.7 Å². The Morgan fingerprint density at radius 3 is 1.06 bits per heavy atom. The minimum Gasteiger partial charge on any atom is -0.460 e. The van der Waals surface area contributed by atoms with Crippen molar-refractivity contribution in [3.05, 3.63) is 71.8 Å². The molecule has 0 amide bonds. The van der Waals surface area contributed by atoms with Gasteiger partial charge in [-0.2, -0.15) is 0 Å². The number of Topliss-reactive ketones (excluding diaryl/α,β-unsaturated/α-hetero) is 2. The third-order valence-electron chi connectivity index (χ3n) is 5.45. The van der Waals surface area contributed by atoms with Crippen LogP contribution in [0.4, 0.5) is 0 Å². The summed E-state index contributed by atoms with van der Waals surface area (Å²) in [7, 11) is 0. The molecule has 0 aliphatic rings. The van der Waals surface area contributed by atoms with E-state index in [9.17, 15) is 19.2 Å². The number of unbranched alkanes of at least 4 members (excludes halogenated alkanes) is 9. The van der Waals surface area contributed by atoms with Crippen molar-refractivity contribution in [2.45, 2.75) is 64.2 Å². The molecule has 0 aliphatic carbocycles. The smallest absolute Gasteiger partial charge is 0.379 e. The Hall–Kier alpha value is -3.28. The van der Waals surface area contributed by atoms with Crippen LogP contribution in [0.2, 0.25) is 0 Å². The highest BCUT2D eigenvalue weighted by Crippen LogP contribution is 2.11. The van der Waals surface area contributed by atoms with E-state index in [1.165, 1.54) is 0 Å². The van der Waals surface area contributed by atoms with Crippen LogP contribution in [0.3, 0.4) is 0 Å². The van der Waals surface area contributed by atoms with E-state index in [1.54, 1.807) is 60.7 Å². The van der Waals surface area contributed by atoms with Crippen molar-refractivity contribution in [1.29, 1.82) is 0 Å². The molecule has 2 rings (SSSR count). The van der Waals surface area contributed by atoms with E-state index in [-0.39, 0.29) is 13.2 Å². The van der Waals surface area contributed by atoms with E-state index in [0.717, 1.165) is 64.2 Å². The van der Waals surface area contributed by atoms with Crippen LogP contribution < -0.4 is 0 Å². The zero-order chi connectivity index (χ0) is 24.4. The minimum absolute atomic E-state index is 0.277. The van der Waals surface area contributed by atoms with Crippen molar-refractivity contribution >= 4 is 23.5 Å². The molecule has 0 saturated heterocycles. The average molecular weight is 467 g/mol. The monoisotopic (exact) mass is 466 g/mol. The van der Waals surface area contributed by atoms with Gasteiger partial charge in [-0.15, -0.1) is 0 Å². The van der Waals surface area contributed by atoms with Crippen molar-refractivity contribution in [1.82, 2.24) is 0 Å². The Kier molecular flexibility index (Phi) is 13.0. The molecule has 0 aromatic heterocycles. The molecule has 6 heteroatoms. The lowest BCUT2D eigenvalue weighted by Gasteiger charge is -2.05. The van der Waals surface area contributed by atoms with Crippen LogP contribution in [0, 0.1) is 0 Å². The summed E-state index contributed by atoms with van der Waals surface area (Å²) in [4.78, 5) is 47.3. The van der Waals surface area contributed by atoms with Gasteiger partial charge in [-0.05, 0) is 12.8 Å². The zero-order valence-corrected chi connectivity index (χ0v) is 19.7. The van der Waals surface area contributed by atoms with Crippen molar-refractivity contribution in [2.24, 2.45) is 0 Å². The van der Waals surface area contributed by atoms with E-state index >= 15 is 0 Å². The molecule has 0 saturated carbocycles. The molecule has 6 nitrogen and oxygen atoms in total. The topological polar surface area (TPSA) is 86.7 Å². The molecule has 0 bridgehead atoms. The van der Waals surface area contributed by atoms with Gasteiger partial charge in [0, 0.05) is 11.1 Å². The summed E-state index contributed by atoms with van der Waals surface area (Å²) < 4.78 is 10.1. The Balaban J connectivity index is 1.36. The van der Waals surface area contributed by atoms with Gasteiger partial charge >= 0.3 is 11.9 Å². The molecule has 0 N–H and O–H groups in total. The molecule has 0 aliphatic heterocycles. The summed E-state index contributed by atoms with van der Waals surface area (Å²) >= 11 is 0. The third-order valence-corrected chi connectivity index (χ3v) is 5.45. The van der Waals surface area contributed by atoms with Crippen LogP contribution in [-0.2, 0) is 19.1 Å². The number of esters is 2. The molecular weight excluding hydrogens is 432 g/mol. The maximum Gasteiger partial charge on any atom is 0.379 e. The second-order valence-corrected chi connectivity index (χ2v) is 8.20. The fraction of sp³-hybridized carbons (Fsp3) is 0.429. The van der Waals surface area contributed by atoms with Gasteiger partial charge in [0.05, 0.1) is 13.2 Å². The highest BCUT2D eigenvalue weighted by atomic mass is 16.5. The Bertz CT molecular complexity index is 816. The predicted molar refractivity (Wildman–Crippen MR) is 130 cm³/mol. The number of ketones is 2. The molecule has 0 heterocycles. The summed E-state index contributed by atoms with van der Waals surface area (Å²) in [6.07, 6.45) is 10.2. The number of ether oxygens (including phenoxy) is 2. The normalized spacial score (nSPS) is 10.5. The third kappa shape index (κ3) is 10.6. The SMILES string of the molecule is O=C(OCCCCCCCCCCCCOC(=O)C(=O)c1ccccc1)C(=O)c1ccccc1. The summed E-state index contributed by atoms with van der Waals surface area (Å²) in [6.45, 7) is 0.553. The van der Waals surface area contributed by atoms with Gasteiger partial charge in [0.1, 0.15) is 0 Å². The largest absolute Gasteiger partial charge is 0.460 e. The Morgan fingerprint density at radius 1 is 0.441 bits per heavy atom. The zero-order valence-electron chi connectivity index (χ0n) is 19.7. The number of hydrogen-bond donors (Lipinski definition) is 0. The van der Waals surface area contributed by atoms with Crippen LogP contribution >= 0.6 is 0 Å². The lowest BCUT2D eigenvalue weighted by molar-refractivity contribution is -0.138. The van der Waals surface area contributed by atoms with Crippen molar-refractivity contribution in [2.75, 3.05) is 13.2 Å². The van der Waals surface area contributed by atoms with Gasteiger partial charge < -0.3 is 9.47 Å². The van der Waals surface area contributed by atoms with Crippen LogP contribution in [0.1, 0.15) is 84.9 Å². The molecule has 0 spiro atoms. The van der Waals surface area contributed by atoms with Crippen LogP contribution in [-0.4, -0.2) is 36.7 Å². The van der Waals surface area contributed by atoms with Crippen molar-refractivity contribution in [3.8, 4) is 0 Å². The second kappa shape index (κ2) is 16.4. The first-order chi connectivity index (χ1) is 16.6. The standard InChI is InChI=1S/C28H34O6/c29-25(23-17-11-9-12-18-23)27(31)33-21-15-7-5-3-1-2-4-6-8-16-22-34-28(32)26(30)24-19-13-10-14-20-24/h9-14,17-20H,1-8,15-16,21-22H2. The number of carbonyl (C=O) groups excluding carboxylic acids is 4. The fourth-order valence-electron chi connectivity index (χ4n) is 3.49. The number of benzene rings is 2. The first kappa shape index (κ1) is 27.0. The van der Waals surface area contributed by atoms with E-state index in [4.69, 9.17) is 9.47 Å². The molecule has 0 unspecified atom stereocenters. The van der Waals surface area contributed by atoms with Gasteiger partial charge in [-0.1, -0.05) is 112 Å². The Labute approximate surface area is 201 Å². The quantitative estimate of drug-likeness (QED) is 0.128. The molecular formula is C28H34O6. The summed E-state index contributed by atoms with van der Waals surface area (Å²) in [5, 5.41) is 0. The molecule has 34 heavy (non-hydrogen) atoms. The van der Waals surface area contributed by atoms with E-state index in [1.807, 2.05) is 0 Å². The van der Waals surface area contributed by atoms with Crippen LogP contribution in [0.25, 0.3) is 0 Å². The number of carbonyl (C=O) groups is 4. The second-order valence-electron chi connectivity index (χ2n) is 8.20. The summed E-state index contributed by atoms with van der Waals surface area (Å²) in [5.74, 6) is -2.77. The first-order valence-electron chi connectivity index (χ1n) is 12.1. The van der Waals surface area contributed by atoms with Crippen molar-refractivity contribution in [3.63, 3.8) is 0 Å². The average Bonchev–Trinajstić information content (AvgIpc) is 2.88. The lowest BCUT2D eigenvalue weighted by Crippen LogP contribution is -2.18. The van der Waals surface area contributed by atoms with Crippen LogP contribution in [0.15, 0.2) is 60.7 Å². The molecule has 0 fully saturated rings. The van der Waals surface area contributed by atoms with Gasteiger partial charge in [-0.25, -0.2) is 9.59 Å². The van der Waals surface area contributed by atoms with E-state index in [2.05, 4.69) is 0 Å². The van der Waals surface area contributed by atoms with Crippen LogP contribution in [0.5, 0.6) is 0 Å². The van der Waals surface area contributed by atoms with E-state index < -0.39 is 23.5 Å². The number of hydrogen-bond acceptors (Lipinski definition) is 6. The first-order valence-corrected chi connectivity index (χ1v) is 12.1. The predicted octanol–water partition coefficient (Wildman–Crippen LogP) is 5.74. The summed E-state index contributed by atoms with van der Waals surface area (Å²) in [5.41, 5.74) is 0.707. The lowest BCUT2D eigenvalue weighted by atomic mass is 10.1. The molecule has 0 atom stereocenters. The Morgan fingerprint density at radius 2 is 0.735 bits per heavy atom. The maximum absolute atomic E-state index is 11.9.